The third-order valence-electron chi connectivity index (χ3n) is 4.72. The molecule has 7 nitrogen and oxygen atoms in total. The van der Waals surface area contributed by atoms with Gasteiger partial charge in [-0.15, -0.1) is 0 Å². The van der Waals surface area contributed by atoms with Crippen LogP contribution in [0.4, 0.5) is 4.79 Å². The van der Waals surface area contributed by atoms with Gasteiger partial charge in [0.25, 0.3) is 5.91 Å². The highest BCUT2D eigenvalue weighted by Crippen LogP contribution is 2.38. The molecule has 26 heavy (non-hydrogen) atoms. The number of carbonyl (C=O) groups excluding carboxylic acids is 1. The summed E-state index contributed by atoms with van der Waals surface area (Å²) in [6, 6.07) is 3.50. The number of carboxylic acid groups (broad SMARTS) is 1. The molecule has 8 heteroatoms. The molecule has 140 valence electrons. The molecule has 1 amide bonds. The Hall–Kier alpha value is -1.93. The van der Waals surface area contributed by atoms with Crippen molar-refractivity contribution < 1.29 is 14.7 Å². The first-order chi connectivity index (χ1) is 12.1. The fourth-order valence-electron chi connectivity index (χ4n) is 3.37. The number of rotatable bonds is 1. The number of aromatic nitrogens is 2. The topological polar surface area (TPSA) is 78.7 Å². The van der Waals surface area contributed by atoms with E-state index in [4.69, 9.17) is 0 Å². The number of hydrogen-bond acceptors (Lipinski definition) is 4. The van der Waals surface area contributed by atoms with E-state index in [1.165, 1.54) is 0 Å². The summed E-state index contributed by atoms with van der Waals surface area (Å²) in [5, 5.41) is 14.3. The van der Waals surface area contributed by atoms with Crippen molar-refractivity contribution >= 4 is 38.8 Å². The zero-order chi connectivity index (χ0) is 19.2. The van der Waals surface area contributed by atoms with Crippen molar-refractivity contribution in [3.8, 4) is 0 Å². The Morgan fingerprint density at radius 3 is 2.31 bits per heavy atom. The predicted molar refractivity (Wildman–Crippen MR) is 103 cm³/mol. The first-order valence-corrected chi connectivity index (χ1v) is 9.33. The highest BCUT2D eigenvalue weighted by molar-refractivity contribution is 9.10. The van der Waals surface area contributed by atoms with Gasteiger partial charge in [0.15, 0.2) is 5.69 Å². The van der Waals surface area contributed by atoms with Gasteiger partial charge in [-0.05, 0) is 30.2 Å². The fourth-order valence-corrected chi connectivity index (χ4v) is 4.30. The SMILES string of the molecule is CN1CCN(C(=O)c2nn(C(=O)O)c3ccc(Br)c(C(C)(C)C)c23)CC1. The molecule has 2 aromatic rings. The number of piperazine rings is 1. The molecule has 2 heterocycles. The van der Waals surface area contributed by atoms with Crippen LogP contribution in [-0.4, -0.2) is 69.9 Å². The van der Waals surface area contributed by atoms with Crippen LogP contribution in [-0.2, 0) is 5.41 Å². The van der Waals surface area contributed by atoms with E-state index in [1.54, 1.807) is 11.0 Å². The van der Waals surface area contributed by atoms with E-state index in [2.05, 4.69) is 25.9 Å². The smallest absolute Gasteiger partial charge is 0.432 e. The van der Waals surface area contributed by atoms with Crippen LogP contribution >= 0.6 is 15.9 Å². The number of amides is 1. The number of carbonyl (C=O) groups is 2. The molecule has 0 unspecified atom stereocenters. The average molecular weight is 423 g/mol. The molecule has 0 radical (unpaired) electrons. The Morgan fingerprint density at radius 2 is 1.77 bits per heavy atom. The number of fused-ring (bicyclic) bond motifs is 1. The maximum Gasteiger partial charge on any atom is 0.432 e. The van der Waals surface area contributed by atoms with Gasteiger partial charge < -0.3 is 14.9 Å². The van der Waals surface area contributed by atoms with Crippen LogP contribution < -0.4 is 0 Å². The number of halogens is 1. The normalized spacial score (nSPS) is 16.3. The molecular formula is C18H23BrN4O3. The molecule has 0 spiro atoms. The largest absolute Gasteiger partial charge is 0.463 e. The molecule has 1 aromatic carbocycles. The van der Waals surface area contributed by atoms with Crippen LogP contribution in [0.2, 0.25) is 0 Å². The summed E-state index contributed by atoms with van der Waals surface area (Å²) < 4.78 is 1.75. The van der Waals surface area contributed by atoms with Crippen LogP contribution in [0.1, 0.15) is 36.8 Å². The maximum absolute atomic E-state index is 13.2. The number of hydrogen-bond donors (Lipinski definition) is 1. The lowest BCUT2D eigenvalue weighted by molar-refractivity contribution is 0.0659. The number of likely N-dealkylation sites (N-methyl/N-ethyl adjacent to an activating group) is 1. The van der Waals surface area contributed by atoms with Gasteiger partial charge in [-0.3, -0.25) is 4.79 Å². The van der Waals surface area contributed by atoms with E-state index < -0.39 is 6.09 Å². The average Bonchev–Trinajstić information content (AvgIpc) is 2.93. The molecule has 0 bridgehead atoms. The highest BCUT2D eigenvalue weighted by Gasteiger charge is 2.31. The molecule has 0 aliphatic carbocycles. The zero-order valence-electron chi connectivity index (χ0n) is 15.4. The summed E-state index contributed by atoms with van der Waals surface area (Å²) in [5.41, 5.74) is 1.24. The third kappa shape index (κ3) is 3.23. The molecular weight excluding hydrogens is 400 g/mol. The Balaban J connectivity index is 2.23. The molecule has 1 N–H and O–H groups in total. The summed E-state index contributed by atoms with van der Waals surface area (Å²) in [6.45, 7) is 8.90. The van der Waals surface area contributed by atoms with Gasteiger partial charge >= 0.3 is 6.09 Å². The number of benzene rings is 1. The Labute approximate surface area is 160 Å². The van der Waals surface area contributed by atoms with Crippen molar-refractivity contribution in [1.29, 1.82) is 0 Å². The molecule has 0 saturated carbocycles. The second-order valence-electron chi connectivity index (χ2n) is 7.70. The van der Waals surface area contributed by atoms with E-state index in [9.17, 15) is 14.7 Å². The van der Waals surface area contributed by atoms with Crippen molar-refractivity contribution in [1.82, 2.24) is 19.6 Å². The third-order valence-corrected chi connectivity index (χ3v) is 5.38. The summed E-state index contributed by atoms with van der Waals surface area (Å²) in [4.78, 5) is 28.8. The maximum atomic E-state index is 13.2. The molecule has 1 aliphatic heterocycles. The molecule has 1 aliphatic rings. The van der Waals surface area contributed by atoms with E-state index in [0.29, 0.717) is 24.0 Å². The van der Waals surface area contributed by atoms with E-state index >= 15 is 0 Å². The van der Waals surface area contributed by atoms with E-state index in [-0.39, 0.29) is 17.0 Å². The molecule has 1 aromatic heterocycles. The van der Waals surface area contributed by atoms with Gasteiger partial charge in [0.05, 0.1) is 5.52 Å². The van der Waals surface area contributed by atoms with Gasteiger partial charge in [-0.25, -0.2) is 4.79 Å². The van der Waals surface area contributed by atoms with Crippen molar-refractivity contribution in [3.05, 3.63) is 27.9 Å². The summed E-state index contributed by atoms with van der Waals surface area (Å²) in [6.07, 6.45) is -1.20. The Kier molecular flexibility index (Phi) is 4.83. The Bertz CT molecular complexity index is 877. The van der Waals surface area contributed by atoms with Crippen LogP contribution in [0.5, 0.6) is 0 Å². The minimum atomic E-state index is -1.20. The first kappa shape index (κ1) is 18.8. The van der Waals surface area contributed by atoms with Crippen molar-refractivity contribution in [2.24, 2.45) is 0 Å². The Morgan fingerprint density at radius 1 is 1.15 bits per heavy atom. The standard InChI is InChI=1S/C18H23BrN4O3/c1-18(2,3)14-11(19)5-6-12-13(14)15(20-23(12)17(25)26)16(24)22-9-7-21(4)8-10-22/h5-6H,7-10H2,1-4H3,(H,25,26). The summed E-state index contributed by atoms with van der Waals surface area (Å²) >= 11 is 3.57. The molecule has 3 rings (SSSR count). The predicted octanol–water partition coefficient (Wildman–Crippen LogP) is 3.01. The lowest BCUT2D eigenvalue weighted by Crippen LogP contribution is -2.47. The first-order valence-electron chi connectivity index (χ1n) is 8.54. The molecule has 1 saturated heterocycles. The lowest BCUT2D eigenvalue weighted by atomic mass is 9.84. The second-order valence-corrected chi connectivity index (χ2v) is 8.56. The summed E-state index contributed by atoms with van der Waals surface area (Å²) in [5.74, 6) is -0.216. The van der Waals surface area contributed by atoms with E-state index in [1.807, 2.05) is 33.9 Å². The van der Waals surface area contributed by atoms with Gasteiger partial charge in [0, 0.05) is 36.0 Å². The molecule has 1 fully saturated rings. The minimum absolute atomic E-state index is 0.207. The van der Waals surface area contributed by atoms with Crippen LogP contribution in [0, 0.1) is 0 Å². The zero-order valence-corrected chi connectivity index (χ0v) is 17.0. The van der Waals surface area contributed by atoms with Crippen LogP contribution in [0.15, 0.2) is 16.6 Å². The van der Waals surface area contributed by atoms with Gasteiger partial charge in [-0.1, -0.05) is 36.7 Å². The van der Waals surface area contributed by atoms with Crippen molar-refractivity contribution in [3.63, 3.8) is 0 Å². The van der Waals surface area contributed by atoms with Crippen molar-refractivity contribution in [2.75, 3.05) is 33.2 Å². The van der Waals surface area contributed by atoms with Gasteiger partial charge in [0.1, 0.15) is 0 Å². The highest BCUT2D eigenvalue weighted by atomic mass is 79.9. The van der Waals surface area contributed by atoms with Gasteiger partial charge in [-0.2, -0.15) is 9.78 Å². The second kappa shape index (κ2) is 6.66. The number of nitrogens with zero attached hydrogens (tertiary/aromatic N) is 4. The van der Waals surface area contributed by atoms with Crippen molar-refractivity contribution in [2.45, 2.75) is 26.2 Å². The van der Waals surface area contributed by atoms with Crippen LogP contribution in [0.25, 0.3) is 10.9 Å². The van der Waals surface area contributed by atoms with Gasteiger partial charge in [0.2, 0.25) is 0 Å². The molecule has 0 atom stereocenters. The van der Waals surface area contributed by atoms with E-state index in [0.717, 1.165) is 27.8 Å². The summed E-state index contributed by atoms with van der Waals surface area (Å²) in [7, 11) is 2.02. The quantitative estimate of drug-likeness (QED) is 0.763. The fraction of sp³-hybridized carbons (Fsp3) is 0.500. The lowest BCUT2D eigenvalue weighted by Gasteiger charge is -2.32. The monoisotopic (exact) mass is 422 g/mol. The van der Waals surface area contributed by atoms with Crippen LogP contribution in [0.3, 0.4) is 0 Å². The minimum Gasteiger partial charge on any atom is -0.463 e.